The van der Waals surface area contributed by atoms with Crippen LogP contribution >= 0.6 is 0 Å². The zero-order chi connectivity index (χ0) is 21.0. The molecule has 3 rings (SSSR count). The van der Waals surface area contributed by atoms with E-state index in [-0.39, 0.29) is 11.7 Å². The van der Waals surface area contributed by atoms with Crippen LogP contribution in [0.25, 0.3) is 10.8 Å². The summed E-state index contributed by atoms with van der Waals surface area (Å²) in [5.41, 5.74) is 1.60. The van der Waals surface area contributed by atoms with Crippen molar-refractivity contribution >= 4 is 10.8 Å². The van der Waals surface area contributed by atoms with E-state index in [2.05, 4.69) is 77.9 Å². The van der Waals surface area contributed by atoms with Gasteiger partial charge in [0, 0.05) is 5.92 Å². The molecule has 2 nitrogen and oxygen atoms in total. The first-order valence-electron chi connectivity index (χ1n) is 11.6. The molecule has 0 bridgehead atoms. The van der Waals surface area contributed by atoms with Crippen LogP contribution in [0, 0.1) is 11.8 Å². The lowest BCUT2D eigenvalue weighted by Gasteiger charge is -2.30. The fourth-order valence-electron chi connectivity index (χ4n) is 4.70. The van der Waals surface area contributed by atoms with Gasteiger partial charge in [-0.15, -0.1) is 0 Å². The largest absolute Gasteiger partial charge is 0.465 e. The monoisotopic (exact) mass is 396 g/mol. The molecule has 1 aliphatic carbocycles. The van der Waals surface area contributed by atoms with Crippen molar-refractivity contribution in [2.75, 3.05) is 0 Å². The first-order chi connectivity index (χ1) is 13.7. The molecule has 29 heavy (non-hydrogen) atoms. The van der Waals surface area contributed by atoms with Crippen LogP contribution in [0.15, 0.2) is 36.4 Å². The van der Waals surface area contributed by atoms with Crippen LogP contribution in [-0.2, 0) is 10.2 Å². The molecule has 1 fully saturated rings. The van der Waals surface area contributed by atoms with Gasteiger partial charge < -0.3 is 9.47 Å². The quantitative estimate of drug-likeness (QED) is 0.423. The van der Waals surface area contributed by atoms with Gasteiger partial charge in [0.05, 0.1) is 6.10 Å². The predicted molar refractivity (Wildman–Crippen MR) is 124 cm³/mol. The highest BCUT2D eigenvalue weighted by Gasteiger charge is 2.24. The van der Waals surface area contributed by atoms with Gasteiger partial charge in [0.25, 0.3) is 0 Å². The average molecular weight is 397 g/mol. The molecule has 0 spiro atoms. The Morgan fingerprint density at radius 3 is 2.21 bits per heavy atom. The summed E-state index contributed by atoms with van der Waals surface area (Å²) >= 11 is 0. The minimum Gasteiger partial charge on any atom is -0.465 e. The highest BCUT2D eigenvalue weighted by Crippen LogP contribution is 2.33. The van der Waals surface area contributed by atoms with Crippen molar-refractivity contribution in [2.45, 2.75) is 97.9 Å². The van der Waals surface area contributed by atoms with Crippen LogP contribution in [0.5, 0.6) is 5.75 Å². The summed E-state index contributed by atoms with van der Waals surface area (Å²) in [6.45, 7) is 13.7. The second-order valence-corrected chi connectivity index (χ2v) is 10.3. The average Bonchev–Trinajstić information content (AvgIpc) is 2.66. The van der Waals surface area contributed by atoms with Crippen LogP contribution in [0.2, 0.25) is 0 Å². The van der Waals surface area contributed by atoms with Crippen molar-refractivity contribution in [3.63, 3.8) is 0 Å². The lowest BCUT2D eigenvalue weighted by molar-refractivity contribution is -0.150. The zero-order valence-electron chi connectivity index (χ0n) is 19.3. The van der Waals surface area contributed by atoms with Gasteiger partial charge >= 0.3 is 0 Å². The van der Waals surface area contributed by atoms with Crippen molar-refractivity contribution in [1.82, 2.24) is 0 Å². The lowest BCUT2D eigenvalue weighted by atomic mass is 9.77. The van der Waals surface area contributed by atoms with E-state index >= 15 is 0 Å². The Labute approximate surface area is 178 Å². The van der Waals surface area contributed by atoms with Crippen LogP contribution in [0.1, 0.15) is 85.6 Å². The maximum absolute atomic E-state index is 6.35. The first kappa shape index (κ1) is 22.2. The van der Waals surface area contributed by atoms with E-state index in [4.69, 9.17) is 9.47 Å². The summed E-state index contributed by atoms with van der Waals surface area (Å²) in [6.07, 6.45) is 7.59. The summed E-state index contributed by atoms with van der Waals surface area (Å²) in [5, 5.41) is 2.51. The highest BCUT2D eigenvalue weighted by molar-refractivity contribution is 5.84. The molecule has 160 valence electrons. The zero-order valence-corrected chi connectivity index (χ0v) is 19.3. The van der Waals surface area contributed by atoms with Crippen LogP contribution in [-0.4, -0.2) is 12.4 Å². The number of rotatable bonds is 8. The Balaban J connectivity index is 1.75. The molecule has 1 atom stereocenters. The third-order valence-electron chi connectivity index (χ3n) is 6.19. The summed E-state index contributed by atoms with van der Waals surface area (Å²) in [5.74, 6) is 1.92. The molecule has 1 saturated carbocycles. The van der Waals surface area contributed by atoms with Crippen molar-refractivity contribution in [3.8, 4) is 5.75 Å². The Morgan fingerprint density at radius 1 is 0.897 bits per heavy atom. The Bertz CT molecular complexity index is 784. The molecule has 2 heteroatoms. The van der Waals surface area contributed by atoms with Gasteiger partial charge in [-0.2, -0.15) is 0 Å². The molecular formula is C27H40O2. The Hall–Kier alpha value is -1.54. The number of ether oxygens (including phenoxy) is 2. The van der Waals surface area contributed by atoms with Crippen LogP contribution in [0.3, 0.4) is 0 Å². The summed E-state index contributed by atoms with van der Waals surface area (Å²) in [4.78, 5) is 0. The van der Waals surface area contributed by atoms with Gasteiger partial charge in [-0.05, 0) is 59.1 Å². The summed E-state index contributed by atoms with van der Waals surface area (Å²) in [7, 11) is 0. The standard InChI is InChI=1S/C27H40O2/c1-19(2)18-27(5,6)23-14-12-22-17-25(15-13-21(22)16-23)29-26(20(3)4)28-24-10-8-7-9-11-24/h12-17,19-20,24,26H,7-11,18H2,1-6H3. The maximum atomic E-state index is 6.35. The normalized spacial score (nSPS) is 17.2. The molecule has 2 aromatic rings. The third-order valence-corrected chi connectivity index (χ3v) is 6.19. The molecule has 1 aliphatic rings. The molecule has 0 amide bonds. The van der Waals surface area contributed by atoms with Gasteiger partial charge in [0.2, 0.25) is 6.29 Å². The van der Waals surface area contributed by atoms with E-state index in [0.29, 0.717) is 17.9 Å². The molecular weight excluding hydrogens is 356 g/mol. The summed E-state index contributed by atoms with van der Waals surface area (Å²) < 4.78 is 12.7. The van der Waals surface area contributed by atoms with Gasteiger partial charge in [-0.3, -0.25) is 0 Å². The smallest absolute Gasteiger partial charge is 0.202 e. The lowest BCUT2D eigenvalue weighted by Crippen LogP contribution is -2.32. The Morgan fingerprint density at radius 2 is 1.55 bits per heavy atom. The minimum atomic E-state index is -0.181. The van der Waals surface area contributed by atoms with Gasteiger partial charge in [-0.1, -0.05) is 85.1 Å². The van der Waals surface area contributed by atoms with Gasteiger partial charge in [0.15, 0.2) is 0 Å². The van der Waals surface area contributed by atoms with E-state index in [1.807, 2.05) is 0 Å². The van der Waals surface area contributed by atoms with Crippen molar-refractivity contribution in [3.05, 3.63) is 42.0 Å². The predicted octanol–water partition coefficient (Wildman–Crippen LogP) is 7.87. The fraction of sp³-hybridized carbons (Fsp3) is 0.630. The van der Waals surface area contributed by atoms with E-state index in [1.165, 1.54) is 54.9 Å². The second-order valence-electron chi connectivity index (χ2n) is 10.3. The highest BCUT2D eigenvalue weighted by atomic mass is 16.7. The number of fused-ring (bicyclic) bond motifs is 1. The Kier molecular flexibility index (Phi) is 7.27. The maximum Gasteiger partial charge on any atom is 0.202 e. The second kappa shape index (κ2) is 9.51. The molecule has 0 saturated heterocycles. The van der Waals surface area contributed by atoms with Crippen LogP contribution in [0.4, 0.5) is 0 Å². The van der Waals surface area contributed by atoms with E-state index in [1.54, 1.807) is 0 Å². The van der Waals surface area contributed by atoms with E-state index < -0.39 is 0 Å². The van der Waals surface area contributed by atoms with Gasteiger partial charge in [-0.25, -0.2) is 0 Å². The molecule has 0 N–H and O–H groups in total. The number of benzene rings is 2. The van der Waals surface area contributed by atoms with Crippen molar-refractivity contribution < 1.29 is 9.47 Å². The molecule has 0 radical (unpaired) electrons. The first-order valence-corrected chi connectivity index (χ1v) is 11.6. The number of hydrogen-bond donors (Lipinski definition) is 0. The number of hydrogen-bond acceptors (Lipinski definition) is 2. The topological polar surface area (TPSA) is 18.5 Å². The molecule has 0 aliphatic heterocycles. The summed E-state index contributed by atoms with van der Waals surface area (Å²) in [6, 6.07) is 13.3. The molecule has 0 heterocycles. The van der Waals surface area contributed by atoms with Crippen LogP contribution < -0.4 is 4.74 Å². The minimum absolute atomic E-state index is 0.181. The fourth-order valence-corrected chi connectivity index (χ4v) is 4.70. The van der Waals surface area contributed by atoms with Gasteiger partial charge in [0.1, 0.15) is 5.75 Å². The van der Waals surface area contributed by atoms with E-state index in [0.717, 1.165) is 5.75 Å². The SMILES string of the molecule is CC(C)CC(C)(C)c1ccc2cc(OC(OC3CCCCC3)C(C)C)ccc2c1. The molecule has 2 aromatic carbocycles. The van der Waals surface area contributed by atoms with Crippen molar-refractivity contribution in [2.24, 2.45) is 11.8 Å². The molecule has 0 aromatic heterocycles. The third kappa shape index (κ3) is 5.98. The molecule has 1 unspecified atom stereocenters. The van der Waals surface area contributed by atoms with E-state index in [9.17, 15) is 0 Å². The van der Waals surface area contributed by atoms with Crippen molar-refractivity contribution in [1.29, 1.82) is 0 Å².